The Morgan fingerprint density at radius 1 is 1.17 bits per heavy atom. The number of methoxy groups -OCH3 is 1. The second-order valence-corrected chi connectivity index (χ2v) is 2.68. The van der Waals surface area contributed by atoms with E-state index in [1.165, 1.54) is 7.11 Å². The van der Waals surface area contributed by atoms with Gasteiger partial charge in [-0.3, -0.25) is 9.59 Å². The predicted octanol–water partition coefficient (Wildman–Crippen LogP) is 1.00. The summed E-state index contributed by atoms with van der Waals surface area (Å²) in [5.74, 6) is -0.419. The average molecular weight is 166 g/mol. The first-order valence-electron chi connectivity index (χ1n) is 3.60. The third-order valence-corrected chi connectivity index (χ3v) is 1.84. The van der Waals surface area contributed by atoms with E-state index in [0.29, 0.717) is 16.9 Å². The lowest BCUT2D eigenvalue weighted by molar-refractivity contribution is -0.132. The van der Waals surface area contributed by atoms with Gasteiger partial charge in [-0.05, 0) is 19.9 Å². The van der Waals surface area contributed by atoms with Crippen LogP contribution in [0.25, 0.3) is 0 Å². The number of hydrogen-bond acceptors (Lipinski definition) is 3. The molecule has 1 aliphatic carbocycles. The standard InChI is InChI=1S/C9H10O3/c1-5-4-7(12-3)6(2)9(11)8(5)10/h4H,1-3H3. The number of ketones is 2. The molecule has 3 heteroatoms. The number of allylic oxidation sites excluding steroid dienone is 3. The fraction of sp³-hybridized carbons (Fsp3) is 0.333. The second kappa shape index (κ2) is 2.93. The highest BCUT2D eigenvalue weighted by molar-refractivity contribution is 6.49. The van der Waals surface area contributed by atoms with Gasteiger partial charge in [-0.1, -0.05) is 0 Å². The van der Waals surface area contributed by atoms with Gasteiger partial charge in [0.2, 0.25) is 11.6 Å². The Balaban J connectivity index is 3.19. The van der Waals surface area contributed by atoms with Crippen LogP contribution >= 0.6 is 0 Å². The first-order valence-corrected chi connectivity index (χ1v) is 3.60. The second-order valence-electron chi connectivity index (χ2n) is 2.68. The van der Waals surface area contributed by atoms with E-state index >= 15 is 0 Å². The summed E-state index contributed by atoms with van der Waals surface area (Å²) in [7, 11) is 1.48. The molecule has 0 aliphatic heterocycles. The van der Waals surface area contributed by atoms with Gasteiger partial charge in [0, 0.05) is 11.1 Å². The average Bonchev–Trinajstić information content (AvgIpc) is 2.08. The summed E-state index contributed by atoms with van der Waals surface area (Å²) in [6.07, 6.45) is 1.58. The van der Waals surface area contributed by atoms with Gasteiger partial charge in [0.15, 0.2) is 0 Å². The molecule has 0 fully saturated rings. The van der Waals surface area contributed by atoms with Crippen LogP contribution in [0.3, 0.4) is 0 Å². The van der Waals surface area contributed by atoms with E-state index in [9.17, 15) is 9.59 Å². The van der Waals surface area contributed by atoms with Crippen LogP contribution in [0.5, 0.6) is 0 Å². The molecule has 1 rings (SSSR count). The minimum Gasteiger partial charge on any atom is -0.496 e. The van der Waals surface area contributed by atoms with Crippen molar-refractivity contribution in [1.82, 2.24) is 0 Å². The van der Waals surface area contributed by atoms with Crippen molar-refractivity contribution in [1.29, 1.82) is 0 Å². The van der Waals surface area contributed by atoms with Crippen molar-refractivity contribution < 1.29 is 14.3 Å². The van der Waals surface area contributed by atoms with E-state index in [1.807, 2.05) is 0 Å². The summed E-state index contributed by atoms with van der Waals surface area (Å²) in [5.41, 5.74) is 0.815. The van der Waals surface area contributed by atoms with Crippen LogP contribution < -0.4 is 0 Å². The van der Waals surface area contributed by atoms with Gasteiger partial charge in [0.05, 0.1) is 7.11 Å². The molecule has 3 nitrogen and oxygen atoms in total. The van der Waals surface area contributed by atoms with E-state index in [1.54, 1.807) is 19.9 Å². The Labute approximate surface area is 70.7 Å². The van der Waals surface area contributed by atoms with Crippen molar-refractivity contribution in [2.75, 3.05) is 7.11 Å². The van der Waals surface area contributed by atoms with Gasteiger partial charge in [-0.2, -0.15) is 0 Å². The normalized spacial score (nSPS) is 18.1. The number of hydrogen-bond donors (Lipinski definition) is 0. The number of carbonyl (C=O) groups is 2. The Morgan fingerprint density at radius 2 is 1.75 bits per heavy atom. The lowest BCUT2D eigenvalue weighted by atomic mass is 9.96. The van der Waals surface area contributed by atoms with Crippen molar-refractivity contribution in [2.24, 2.45) is 0 Å². The number of ether oxygens (including phenoxy) is 1. The molecular weight excluding hydrogens is 156 g/mol. The van der Waals surface area contributed by atoms with Gasteiger partial charge < -0.3 is 4.74 Å². The highest BCUT2D eigenvalue weighted by Gasteiger charge is 2.24. The summed E-state index contributed by atoms with van der Waals surface area (Å²) in [5, 5.41) is 0. The molecule has 0 atom stereocenters. The quantitative estimate of drug-likeness (QED) is 0.431. The van der Waals surface area contributed by atoms with Crippen molar-refractivity contribution in [3.8, 4) is 0 Å². The minimum atomic E-state index is -0.466. The maximum atomic E-state index is 11.2. The molecule has 0 spiro atoms. The predicted molar refractivity (Wildman–Crippen MR) is 43.5 cm³/mol. The summed E-state index contributed by atoms with van der Waals surface area (Å²) >= 11 is 0. The molecule has 0 aromatic rings. The zero-order valence-electron chi connectivity index (χ0n) is 7.30. The lowest BCUT2D eigenvalue weighted by Gasteiger charge is -2.11. The van der Waals surface area contributed by atoms with Crippen LogP contribution in [0.2, 0.25) is 0 Å². The third-order valence-electron chi connectivity index (χ3n) is 1.84. The molecule has 0 aromatic carbocycles. The topological polar surface area (TPSA) is 43.4 Å². The zero-order valence-corrected chi connectivity index (χ0v) is 7.30. The molecule has 0 N–H and O–H groups in total. The van der Waals surface area contributed by atoms with Crippen molar-refractivity contribution in [3.05, 3.63) is 23.0 Å². The molecular formula is C9H10O3. The van der Waals surface area contributed by atoms with Gasteiger partial charge in [0.1, 0.15) is 5.76 Å². The summed E-state index contributed by atoms with van der Waals surface area (Å²) in [4.78, 5) is 22.3. The number of rotatable bonds is 1. The van der Waals surface area contributed by atoms with Crippen LogP contribution in [0, 0.1) is 0 Å². The van der Waals surface area contributed by atoms with Crippen LogP contribution in [-0.4, -0.2) is 18.7 Å². The maximum Gasteiger partial charge on any atom is 0.232 e. The molecule has 64 valence electrons. The Morgan fingerprint density at radius 3 is 2.25 bits per heavy atom. The van der Waals surface area contributed by atoms with Crippen LogP contribution in [0.4, 0.5) is 0 Å². The van der Waals surface area contributed by atoms with E-state index < -0.39 is 11.6 Å². The smallest absolute Gasteiger partial charge is 0.232 e. The molecule has 0 aromatic heterocycles. The third kappa shape index (κ3) is 1.18. The fourth-order valence-corrected chi connectivity index (χ4v) is 1.04. The van der Waals surface area contributed by atoms with E-state index in [4.69, 9.17) is 4.74 Å². The van der Waals surface area contributed by atoms with Crippen LogP contribution in [0.15, 0.2) is 23.0 Å². The van der Waals surface area contributed by atoms with Gasteiger partial charge in [-0.15, -0.1) is 0 Å². The SMILES string of the molecule is COC1=C(C)C(=O)C(=O)C(C)=C1. The van der Waals surface area contributed by atoms with Crippen LogP contribution in [0.1, 0.15) is 13.8 Å². The van der Waals surface area contributed by atoms with E-state index in [-0.39, 0.29) is 0 Å². The lowest BCUT2D eigenvalue weighted by Crippen LogP contribution is -2.21. The van der Waals surface area contributed by atoms with Gasteiger partial charge in [-0.25, -0.2) is 0 Å². The molecule has 1 aliphatic rings. The van der Waals surface area contributed by atoms with E-state index in [0.717, 1.165) is 0 Å². The Bertz CT molecular complexity index is 304. The van der Waals surface area contributed by atoms with Crippen molar-refractivity contribution >= 4 is 11.6 Å². The summed E-state index contributed by atoms with van der Waals surface area (Å²) < 4.78 is 4.92. The van der Waals surface area contributed by atoms with Crippen molar-refractivity contribution in [3.63, 3.8) is 0 Å². The number of carbonyl (C=O) groups excluding carboxylic acids is 2. The monoisotopic (exact) mass is 166 g/mol. The molecule has 12 heavy (non-hydrogen) atoms. The first kappa shape index (κ1) is 8.71. The molecule has 0 unspecified atom stereocenters. The highest BCUT2D eigenvalue weighted by atomic mass is 16.5. The number of Topliss-reactive ketones (excluding diaryl/α,β-unsaturated/α-hetero) is 2. The molecule has 0 radical (unpaired) electrons. The highest BCUT2D eigenvalue weighted by Crippen LogP contribution is 2.18. The Hall–Kier alpha value is -1.38. The van der Waals surface area contributed by atoms with E-state index in [2.05, 4.69) is 0 Å². The van der Waals surface area contributed by atoms with Crippen molar-refractivity contribution in [2.45, 2.75) is 13.8 Å². The fourth-order valence-electron chi connectivity index (χ4n) is 1.04. The van der Waals surface area contributed by atoms with Crippen LogP contribution in [-0.2, 0) is 14.3 Å². The Kier molecular flexibility index (Phi) is 2.13. The molecule has 0 heterocycles. The largest absolute Gasteiger partial charge is 0.496 e. The molecule has 0 saturated carbocycles. The summed E-state index contributed by atoms with van der Waals surface area (Å²) in [6, 6.07) is 0. The van der Waals surface area contributed by atoms with Gasteiger partial charge >= 0.3 is 0 Å². The molecule has 0 saturated heterocycles. The minimum absolute atomic E-state index is 0.383. The summed E-state index contributed by atoms with van der Waals surface area (Å²) in [6.45, 7) is 3.19. The van der Waals surface area contributed by atoms with Gasteiger partial charge in [0.25, 0.3) is 0 Å². The maximum absolute atomic E-state index is 11.2. The molecule has 0 bridgehead atoms. The zero-order chi connectivity index (χ0) is 9.30. The molecule has 0 amide bonds. The first-order chi connectivity index (χ1) is 5.57.